The summed E-state index contributed by atoms with van der Waals surface area (Å²) in [6.07, 6.45) is 10.7. The fourth-order valence-corrected chi connectivity index (χ4v) is 7.75. The molecule has 3 aromatic carbocycles. The van der Waals surface area contributed by atoms with Gasteiger partial charge in [0.25, 0.3) is 0 Å². The molecule has 4 aliphatic rings. The van der Waals surface area contributed by atoms with Gasteiger partial charge in [-0.15, -0.1) is 0 Å². The highest BCUT2D eigenvalue weighted by Gasteiger charge is 2.52. The van der Waals surface area contributed by atoms with Crippen molar-refractivity contribution < 1.29 is 14.6 Å². The summed E-state index contributed by atoms with van der Waals surface area (Å²) >= 11 is 6.72. The molecule has 0 spiro atoms. The van der Waals surface area contributed by atoms with E-state index in [1.54, 1.807) is 6.08 Å². The van der Waals surface area contributed by atoms with Gasteiger partial charge in [0.1, 0.15) is 12.4 Å². The van der Waals surface area contributed by atoms with E-state index in [2.05, 4.69) is 42.5 Å². The fraction of sp³-hybridized carbons (Fsp3) is 0.344. The number of carbonyl (C=O) groups is 1. The lowest BCUT2D eigenvalue weighted by molar-refractivity contribution is -0.131. The highest BCUT2D eigenvalue weighted by Crippen LogP contribution is 2.62. The van der Waals surface area contributed by atoms with Crippen LogP contribution >= 0.6 is 11.6 Å². The van der Waals surface area contributed by atoms with Gasteiger partial charge >= 0.3 is 5.97 Å². The van der Waals surface area contributed by atoms with E-state index < -0.39 is 5.97 Å². The van der Waals surface area contributed by atoms with E-state index in [1.165, 1.54) is 49.7 Å². The Balaban J connectivity index is 1.38. The van der Waals surface area contributed by atoms with Crippen LogP contribution in [0.25, 0.3) is 17.2 Å². The third-order valence-electron chi connectivity index (χ3n) is 8.55. The minimum absolute atomic E-state index is 0.188. The van der Waals surface area contributed by atoms with Crippen LogP contribution in [-0.2, 0) is 16.8 Å². The van der Waals surface area contributed by atoms with E-state index in [1.807, 2.05) is 24.3 Å². The molecule has 1 N–H and O–H groups in total. The molecule has 36 heavy (non-hydrogen) atoms. The second-order valence-electron chi connectivity index (χ2n) is 11.1. The number of carboxylic acid groups (broad SMARTS) is 1. The van der Waals surface area contributed by atoms with Crippen molar-refractivity contribution in [3.63, 3.8) is 0 Å². The Morgan fingerprint density at radius 3 is 2.28 bits per heavy atom. The number of hydrogen-bond donors (Lipinski definition) is 1. The molecule has 0 aromatic heterocycles. The summed E-state index contributed by atoms with van der Waals surface area (Å²) in [5.41, 5.74) is 5.53. The first-order valence-corrected chi connectivity index (χ1v) is 13.4. The van der Waals surface area contributed by atoms with Gasteiger partial charge in [0, 0.05) is 22.2 Å². The summed E-state index contributed by atoms with van der Waals surface area (Å²) in [7, 11) is 0. The van der Waals surface area contributed by atoms with Crippen LogP contribution in [0.1, 0.15) is 55.2 Å². The highest BCUT2D eigenvalue weighted by molar-refractivity contribution is 6.33. The Kier molecular flexibility index (Phi) is 6.13. The van der Waals surface area contributed by atoms with Crippen molar-refractivity contribution >= 4 is 23.6 Å². The minimum Gasteiger partial charge on any atom is -0.489 e. The largest absolute Gasteiger partial charge is 0.489 e. The number of aliphatic carboxylic acids is 1. The van der Waals surface area contributed by atoms with Crippen molar-refractivity contribution in [2.45, 2.75) is 50.5 Å². The van der Waals surface area contributed by atoms with Crippen LogP contribution in [-0.4, -0.2) is 11.1 Å². The molecular weight excluding hydrogens is 468 g/mol. The van der Waals surface area contributed by atoms with Crippen LogP contribution in [0.4, 0.5) is 0 Å². The maximum Gasteiger partial charge on any atom is 0.328 e. The molecule has 184 valence electrons. The fourth-order valence-electron chi connectivity index (χ4n) is 7.45. The lowest BCUT2D eigenvalue weighted by atomic mass is 9.48. The zero-order valence-electron chi connectivity index (χ0n) is 20.3. The summed E-state index contributed by atoms with van der Waals surface area (Å²) in [6.45, 7) is 0.560. The summed E-state index contributed by atoms with van der Waals surface area (Å²) in [5, 5.41) is 9.56. The topological polar surface area (TPSA) is 46.5 Å². The van der Waals surface area contributed by atoms with Crippen LogP contribution in [0.15, 0.2) is 72.8 Å². The molecule has 0 amide bonds. The van der Waals surface area contributed by atoms with Gasteiger partial charge in [-0.25, -0.2) is 4.79 Å². The molecule has 3 nitrogen and oxygen atoms in total. The Labute approximate surface area is 217 Å². The van der Waals surface area contributed by atoms with Gasteiger partial charge in [-0.3, -0.25) is 0 Å². The highest BCUT2D eigenvalue weighted by atomic mass is 35.5. The normalized spacial score (nSPS) is 26.4. The van der Waals surface area contributed by atoms with Gasteiger partial charge < -0.3 is 9.84 Å². The second-order valence-corrected chi connectivity index (χ2v) is 11.5. The zero-order valence-corrected chi connectivity index (χ0v) is 21.1. The smallest absolute Gasteiger partial charge is 0.328 e. The number of carboxylic acids is 1. The average Bonchev–Trinajstić information content (AvgIpc) is 2.86. The van der Waals surface area contributed by atoms with Crippen LogP contribution in [0.2, 0.25) is 5.02 Å². The second kappa shape index (κ2) is 9.44. The number of halogens is 1. The molecule has 4 heteroatoms. The van der Waals surface area contributed by atoms with Crippen LogP contribution in [0, 0.1) is 17.8 Å². The molecule has 7 rings (SSSR count). The van der Waals surface area contributed by atoms with Crippen LogP contribution < -0.4 is 4.74 Å². The number of benzene rings is 3. The first-order valence-electron chi connectivity index (χ1n) is 13.0. The maximum atomic E-state index is 10.9. The van der Waals surface area contributed by atoms with Gasteiger partial charge in [0.15, 0.2) is 0 Å². The molecule has 0 heterocycles. The van der Waals surface area contributed by atoms with Crippen molar-refractivity contribution in [1.82, 2.24) is 0 Å². The first-order chi connectivity index (χ1) is 17.5. The van der Waals surface area contributed by atoms with E-state index in [0.717, 1.165) is 46.3 Å². The van der Waals surface area contributed by atoms with Crippen molar-refractivity contribution in [2.75, 3.05) is 0 Å². The molecule has 0 saturated heterocycles. The van der Waals surface area contributed by atoms with Crippen molar-refractivity contribution in [3.05, 3.63) is 94.5 Å². The van der Waals surface area contributed by atoms with E-state index in [0.29, 0.717) is 11.6 Å². The summed E-state index contributed by atoms with van der Waals surface area (Å²) in [5.74, 6) is 2.55. The quantitative estimate of drug-likeness (QED) is 0.334. The van der Waals surface area contributed by atoms with Crippen molar-refractivity contribution in [2.24, 2.45) is 17.8 Å². The predicted octanol–water partition coefficient (Wildman–Crippen LogP) is 8.15. The molecule has 4 saturated carbocycles. The molecule has 0 aliphatic heterocycles. The Bertz CT molecular complexity index is 1270. The van der Waals surface area contributed by atoms with Crippen molar-refractivity contribution in [3.8, 4) is 16.9 Å². The minimum atomic E-state index is -0.971. The molecule has 0 atom stereocenters. The van der Waals surface area contributed by atoms with Gasteiger partial charge in [-0.1, -0.05) is 60.1 Å². The van der Waals surface area contributed by atoms with E-state index >= 15 is 0 Å². The molecular formula is C32H31ClO3. The van der Waals surface area contributed by atoms with Gasteiger partial charge in [0.05, 0.1) is 0 Å². The summed E-state index contributed by atoms with van der Waals surface area (Å²) < 4.78 is 6.51. The molecule has 0 unspecified atom stereocenters. The Morgan fingerprint density at radius 2 is 1.64 bits per heavy atom. The first kappa shape index (κ1) is 23.4. The molecule has 0 radical (unpaired) electrons. The monoisotopic (exact) mass is 498 g/mol. The van der Waals surface area contributed by atoms with E-state index in [9.17, 15) is 4.79 Å². The molecule has 4 aliphatic carbocycles. The summed E-state index contributed by atoms with van der Waals surface area (Å²) in [4.78, 5) is 10.9. The maximum absolute atomic E-state index is 10.9. The van der Waals surface area contributed by atoms with Crippen molar-refractivity contribution in [1.29, 1.82) is 0 Å². The lowest BCUT2D eigenvalue weighted by Crippen LogP contribution is -2.48. The van der Waals surface area contributed by atoms with Gasteiger partial charge in [-0.2, -0.15) is 0 Å². The number of ether oxygens (including phenoxy) is 1. The van der Waals surface area contributed by atoms with Gasteiger partial charge in [0.2, 0.25) is 0 Å². The molecule has 4 fully saturated rings. The van der Waals surface area contributed by atoms with E-state index in [4.69, 9.17) is 21.4 Å². The SMILES string of the molecule is O=C(O)/C=C/c1ccc(-c2ccc(OCc3ccccc3)c(C34CC5CC(CC(C5)C3)C4)c2)c(Cl)c1. The third-order valence-corrected chi connectivity index (χ3v) is 8.86. The number of rotatable bonds is 7. The van der Waals surface area contributed by atoms with E-state index in [-0.39, 0.29) is 5.41 Å². The third kappa shape index (κ3) is 4.57. The number of hydrogen-bond acceptors (Lipinski definition) is 2. The standard InChI is InChI=1S/C32H31ClO3/c33-29-15-21(7-11-31(34)35)6-9-27(29)26-8-10-30(36-20-22-4-2-1-3-5-22)28(16-26)32-17-23-12-24(18-32)14-25(13-23)19-32/h1-11,15-16,23-25H,12-14,17-20H2,(H,34,35)/b11-7+. The average molecular weight is 499 g/mol. The Hall–Kier alpha value is -3.04. The Morgan fingerprint density at radius 1 is 0.944 bits per heavy atom. The van der Waals surface area contributed by atoms with Gasteiger partial charge in [-0.05, 0) is 103 Å². The summed E-state index contributed by atoms with van der Waals surface area (Å²) in [6, 6.07) is 22.7. The molecule has 4 bridgehead atoms. The zero-order chi connectivity index (χ0) is 24.7. The predicted molar refractivity (Wildman–Crippen MR) is 144 cm³/mol. The van der Waals surface area contributed by atoms with Crippen LogP contribution in [0.3, 0.4) is 0 Å². The van der Waals surface area contributed by atoms with Crippen LogP contribution in [0.5, 0.6) is 5.75 Å². The lowest BCUT2D eigenvalue weighted by Gasteiger charge is -2.57. The molecule has 3 aromatic rings.